The first-order chi connectivity index (χ1) is 12.6. The SMILES string of the molecule is CCc1ccccc1OC1CN(C(=O)NC[C@@H]2CCCN(C(C)=O)C2)C1. The van der Waals surface area contributed by atoms with Gasteiger partial charge in [0, 0.05) is 26.6 Å². The summed E-state index contributed by atoms with van der Waals surface area (Å²) in [6.45, 7) is 7.17. The molecule has 1 atom stereocenters. The van der Waals surface area contributed by atoms with Gasteiger partial charge in [-0.2, -0.15) is 0 Å². The van der Waals surface area contributed by atoms with Crippen molar-refractivity contribution in [1.29, 1.82) is 0 Å². The molecule has 6 nitrogen and oxygen atoms in total. The zero-order chi connectivity index (χ0) is 18.5. The predicted molar refractivity (Wildman–Crippen MR) is 100 cm³/mol. The molecule has 1 aromatic rings. The molecule has 2 heterocycles. The van der Waals surface area contributed by atoms with Gasteiger partial charge in [0.15, 0.2) is 0 Å². The van der Waals surface area contributed by atoms with Crippen LogP contribution in [-0.4, -0.2) is 60.6 Å². The number of urea groups is 1. The second-order valence-electron chi connectivity index (χ2n) is 7.27. The number of para-hydroxylation sites is 1. The molecule has 0 unspecified atom stereocenters. The van der Waals surface area contributed by atoms with E-state index >= 15 is 0 Å². The van der Waals surface area contributed by atoms with Crippen LogP contribution >= 0.6 is 0 Å². The molecule has 0 aromatic heterocycles. The number of nitrogens with one attached hydrogen (secondary N) is 1. The summed E-state index contributed by atoms with van der Waals surface area (Å²) in [7, 11) is 0. The van der Waals surface area contributed by atoms with Crippen LogP contribution in [0.15, 0.2) is 24.3 Å². The smallest absolute Gasteiger partial charge is 0.317 e. The molecule has 2 saturated heterocycles. The van der Waals surface area contributed by atoms with Gasteiger partial charge in [0.05, 0.1) is 13.1 Å². The Bertz CT molecular complexity index is 643. The van der Waals surface area contributed by atoms with Crippen molar-refractivity contribution in [3.8, 4) is 5.75 Å². The maximum Gasteiger partial charge on any atom is 0.317 e. The van der Waals surface area contributed by atoms with Crippen LogP contribution in [0.2, 0.25) is 0 Å². The molecular weight excluding hydrogens is 330 g/mol. The summed E-state index contributed by atoms with van der Waals surface area (Å²) >= 11 is 0. The van der Waals surface area contributed by atoms with Gasteiger partial charge < -0.3 is 19.9 Å². The first-order valence-corrected chi connectivity index (χ1v) is 9.59. The quantitative estimate of drug-likeness (QED) is 0.877. The van der Waals surface area contributed by atoms with Crippen molar-refractivity contribution in [3.05, 3.63) is 29.8 Å². The van der Waals surface area contributed by atoms with Gasteiger partial charge in [-0.15, -0.1) is 0 Å². The number of carbonyl (C=O) groups is 2. The molecule has 0 aliphatic carbocycles. The van der Waals surface area contributed by atoms with Crippen LogP contribution < -0.4 is 10.1 Å². The molecule has 0 spiro atoms. The summed E-state index contributed by atoms with van der Waals surface area (Å²) in [5.74, 6) is 1.39. The predicted octanol–water partition coefficient (Wildman–Crippen LogP) is 2.28. The average molecular weight is 359 g/mol. The number of hydrogen-bond acceptors (Lipinski definition) is 3. The maximum absolute atomic E-state index is 12.3. The Kier molecular flexibility index (Phi) is 6.01. The molecule has 3 rings (SSSR count). The number of benzene rings is 1. The van der Waals surface area contributed by atoms with E-state index in [1.54, 1.807) is 11.8 Å². The molecule has 0 bridgehead atoms. The Morgan fingerprint density at radius 2 is 1.96 bits per heavy atom. The molecule has 2 aliphatic heterocycles. The van der Waals surface area contributed by atoms with Crippen LogP contribution in [0.5, 0.6) is 5.75 Å². The standard InChI is InChI=1S/C20H29N3O3/c1-3-17-8-4-5-9-19(17)26-18-13-23(14-18)20(25)21-11-16-7-6-10-22(12-16)15(2)24/h4-5,8-9,16,18H,3,6-7,10-14H2,1-2H3,(H,21,25)/t16-/m0/s1. The third-order valence-corrected chi connectivity index (χ3v) is 5.29. The van der Waals surface area contributed by atoms with Crippen molar-refractivity contribution in [2.75, 3.05) is 32.7 Å². The second-order valence-corrected chi connectivity index (χ2v) is 7.27. The second kappa shape index (κ2) is 8.43. The minimum atomic E-state index is -0.0337. The van der Waals surface area contributed by atoms with Gasteiger partial charge in [0.1, 0.15) is 11.9 Å². The fourth-order valence-electron chi connectivity index (χ4n) is 3.63. The number of piperidine rings is 1. The van der Waals surface area contributed by atoms with E-state index in [0.717, 1.165) is 38.1 Å². The Labute approximate surface area is 155 Å². The fraction of sp³-hybridized carbons (Fsp3) is 0.600. The lowest BCUT2D eigenvalue weighted by Gasteiger charge is -2.39. The van der Waals surface area contributed by atoms with Gasteiger partial charge in [-0.05, 0) is 36.8 Å². The number of ether oxygens (including phenoxy) is 1. The lowest BCUT2D eigenvalue weighted by molar-refractivity contribution is -0.130. The highest BCUT2D eigenvalue weighted by Gasteiger charge is 2.33. The zero-order valence-electron chi connectivity index (χ0n) is 15.7. The van der Waals surface area contributed by atoms with Gasteiger partial charge in [-0.25, -0.2) is 4.79 Å². The topological polar surface area (TPSA) is 61.9 Å². The van der Waals surface area contributed by atoms with Crippen molar-refractivity contribution in [1.82, 2.24) is 15.1 Å². The summed E-state index contributed by atoms with van der Waals surface area (Å²) in [6.07, 6.45) is 3.07. The van der Waals surface area contributed by atoms with Crippen LogP contribution in [0.3, 0.4) is 0 Å². The van der Waals surface area contributed by atoms with Crippen molar-refractivity contribution in [2.45, 2.75) is 39.2 Å². The normalized spacial score (nSPS) is 20.5. The van der Waals surface area contributed by atoms with Gasteiger partial charge in [-0.1, -0.05) is 25.1 Å². The highest BCUT2D eigenvalue weighted by molar-refractivity contribution is 5.75. The number of likely N-dealkylation sites (tertiary alicyclic amines) is 2. The average Bonchev–Trinajstić information content (AvgIpc) is 2.62. The summed E-state index contributed by atoms with van der Waals surface area (Å²) in [5.41, 5.74) is 1.20. The molecule has 0 radical (unpaired) electrons. The molecule has 142 valence electrons. The highest BCUT2D eigenvalue weighted by atomic mass is 16.5. The number of aryl methyl sites for hydroxylation is 1. The molecule has 26 heavy (non-hydrogen) atoms. The first-order valence-electron chi connectivity index (χ1n) is 9.59. The van der Waals surface area contributed by atoms with Crippen molar-refractivity contribution in [3.63, 3.8) is 0 Å². The van der Waals surface area contributed by atoms with E-state index in [-0.39, 0.29) is 18.0 Å². The molecule has 2 aliphatic rings. The van der Waals surface area contributed by atoms with Crippen LogP contribution in [-0.2, 0) is 11.2 Å². The molecule has 1 N–H and O–H groups in total. The largest absolute Gasteiger partial charge is 0.486 e. The van der Waals surface area contributed by atoms with Crippen LogP contribution in [0.1, 0.15) is 32.3 Å². The molecule has 0 saturated carbocycles. The minimum absolute atomic E-state index is 0.0337. The summed E-state index contributed by atoms with van der Waals surface area (Å²) in [5, 5.41) is 3.01. The third kappa shape index (κ3) is 4.48. The minimum Gasteiger partial charge on any atom is -0.486 e. The number of carbonyl (C=O) groups excluding carboxylic acids is 2. The monoisotopic (exact) mass is 359 g/mol. The van der Waals surface area contributed by atoms with Crippen LogP contribution in [0.4, 0.5) is 4.79 Å². The van der Waals surface area contributed by atoms with E-state index < -0.39 is 0 Å². The Morgan fingerprint density at radius 1 is 1.19 bits per heavy atom. The van der Waals surface area contributed by atoms with Gasteiger partial charge in [0.2, 0.25) is 5.91 Å². The summed E-state index contributed by atoms with van der Waals surface area (Å²) in [6, 6.07) is 8.03. The molecule has 3 amide bonds. The number of hydrogen-bond donors (Lipinski definition) is 1. The lowest BCUT2D eigenvalue weighted by Crippen LogP contribution is -2.59. The fourth-order valence-corrected chi connectivity index (χ4v) is 3.63. The van der Waals surface area contributed by atoms with Gasteiger partial charge in [0.25, 0.3) is 0 Å². The van der Waals surface area contributed by atoms with Crippen LogP contribution in [0, 0.1) is 5.92 Å². The number of nitrogens with zero attached hydrogens (tertiary/aromatic N) is 2. The van der Waals surface area contributed by atoms with Crippen molar-refractivity contribution in [2.24, 2.45) is 5.92 Å². The number of rotatable bonds is 5. The molecule has 2 fully saturated rings. The number of amides is 3. The summed E-state index contributed by atoms with van der Waals surface area (Å²) < 4.78 is 6.02. The van der Waals surface area contributed by atoms with E-state index in [9.17, 15) is 9.59 Å². The van der Waals surface area contributed by atoms with Gasteiger partial charge in [-0.3, -0.25) is 4.79 Å². The van der Waals surface area contributed by atoms with E-state index in [4.69, 9.17) is 4.74 Å². The third-order valence-electron chi connectivity index (χ3n) is 5.29. The van der Waals surface area contributed by atoms with Crippen molar-refractivity contribution >= 4 is 11.9 Å². The van der Waals surface area contributed by atoms with Crippen LogP contribution in [0.25, 0.3) is 0 Å². The summed E-state index contributed by atoms with van der Waals surface area (Å²) in [4.78, 5) is 27.4. The van der Waals surface area contributed by atoms with E-state index in [0.29, 0.717) is 25.6 Å². The lowest BCUT2D eigenvalue weighted by atomic mass is 9.98. The van der Waals surface area contributed by atoms with E-state index in [1.807, 2.05) is 23.1 Å². The van der Waals surface area contributed by atoms with E-state index in [1.165, 1.54) is 5.56 Å². The first kappa shape index (κ1) is 18.5. The molecule has 6 heteroatoms. The van der Waals surface area contributed by atoms with Crippen molar-refractivity contribution < 1.29 is 14.3 Å². The molecule has 1 aromatic carbocycles. The Balaban J connectivity index is 1.39. The van der Waals surface area contributed by atoms with E-state index in [2.05, 4.69) is 18.3 Å². The maximum atomic E-state index is 12.3. The Morgan fingerprint density at radius 3 is 2.69 bits per heavy atom. The highest BCUT2D eigenvalue weighted by Crippen LogP contribution is 2.23. The van der Waals surface area contributed by atoms with Gasteiger partial charge >= 0.3 is 6.03 Å². The Hall–Kier alpha value is -2.24. The molecular formula is C20H29N3O3. The zero-order valence-corrected chi connectivity index (χ0v) is 15.7.